The Morgan fingerprint density at radius 2 is 1.93 bits per heavy atom. The van der Waals surface area contributed by atoms with Crippen molar-refractivity contribution in [2.75, 3.05) is 0 Å². The minimum Gasteiger partial charge on any atom is -0.281 e. The first-order valence-electron chi connectivity index (χ1n) is 4.87. The number of nitrogens with one attached hydrogen (secondary N) is 1. The second-order valence-electron chi connectivity index (χ2n) is 3.83. The summed E-state index contributed by atoms with van der Waals surface area (Å²) in [4.78, 5) is 0. The van der Waals surface area contributed by atoms with Crippen molar-refractivity contribution < 1.29 is 0 Å². The minimum absolute atomic E-state index is 0.994. The van der Waals surface area contributed by atoms with E-state index in [1.807, 2.05) is 6.92 Å². The summed E-state index contributed by atoms with van der Waals surface area (Å²) in [5, 5.41) is 7.30. The van der Waals surface area contributed by atoms with Gasteiger partial charge in [0.25, 0.3) is 0 Å². The second kappa shape index (κ2) is 3.81. The fourth-order valence-corrected chi connectivity index (χ4v) is 1.98. The highest BCUT2D eigenvalue weighted by Crippen LogP contribution is 2.31. The van der Waals surface area contributed by atoms with Crippen LogP contribution in [-0.4, -0.2) is 10.2 Å². The van der Waals surface area contributed by atoms with Crippen molar-refractivity contribution in [2.24, 2.45) is 0 Å². The van der Waals surface area contributed by atoms with E-state index in [1.165, 1.54) is 16.7 Å². The van der Waals surface area contributed by atoms with Gasteiger partial charge in [0.1, 0.15) is 5.69 Å². The van der Waals surface area contributed by atoms with E-state index in [0.717, 1.165) is 15.9 Å². The Bertz CT molecular complexity index is 500. The number of halogens is 1. The highest BCUT2D eigenvalue weighted by atomic mass is 79.9. The van der Waals surface area contributed by atoms with Crippen molar-refractivity contribution in [1.29, 1.82) is 0 Å². The number of rotatable bonds is 1. The monoisotopic (exact) mass is 264 g/mol. The smallest absolute Gasteiger partial charge is 0.107 e. The van der Waals surface area contributed by atoms with Crippen LogP contribution < -0.4 is 0 Å². The normalized spacial score (nSPS) is 10.7. The largest absolute Gasteiger partial charge is 0.281 e. The predicted molar refractivity (Wildman–Crippen MR) is 65.9 cm³/mol. The number of nitrogens with zero attached hydrogens (tertiary/aromatic N) is 1. The predicted octanol–water partition coefficient (Wildman–Crippen LogP) is 3.76. The van der Waals surface area contributed by atoms with Crippen LogP contribution in [0.5, 0.6) is 0 Å². The van der Waals surface area contributed by atoms with Gasteiger partial charge in [-0.3, -0.25) is 5.10 Å². The Morgan fingerprint density at radius 1 is 1.20 bits per heavy atom. The van der Waals surface area contributed by atoms with Gasteiger partial charge in [-0.25, -0.2) is 0 Å². The molecule has 78 valence electrons. The van der Waals surface area contributed by atoms with Gasteiger partial charge in [0.05, 0.1) is 4.47 Å². The van der Waals surface area contributed by atoms with Crippen molar-refractivity contribution in [3.05, 3.63) is 39.5 Å². The molecule has 0 aliphatic rings. The first kappa shape index (κ1) is 10.4. The molecule has 0 aliphatic carbocycles. The molecule has 1 aromatic carbocycles. The maximum absolute atomic E-state index is 4.32. The lowest BCUT2D eigenvalue weighted by Gasteiger charge is -2.04. The van der Waals surface area contributed by atoms with Gasteiger partial charge in [-0.2, -0.15) is 5.10 Å². The zero-order valence-electron chi connectivity index (χ0n) is 9.06. The molecule has 0 unspecified atom stereocenters. The Balaban J connectivity index is 2.63. The van der Waals surface area contributed by atoms with Crippen molar-refractivity contribution in [1.82, 2.24) is 10.2 Å². The van der Waals surface area contributed by atoms with Crippen LogP contribution in [0.2, 0.25) is 0 Å². The quantitative estimate of drug-likeness (QED) is 0.835. The molecule has 1 N–H and O–H groups in total. The van der Waals surface area contributed by atoms with Gasteiger partial charge >= 0.3 is 0 Å². The molecule has 1 aromatic heterocycles. The molecule has 2 aromatic rings. The molecule has 15 heavy (non-hydrogen) atoms. The molecule has 0 atom stereocenters. The molecule has 2 nitrogen and oxygen atoms in total. The highest BCUT2D eigenvalue weighted by molar-refractivity contribution is 9.10. The van der Waals surface area contributed by atoms with Crippen LogP contribution in [-0.2, 0) is 0 Å². The molecule has 2 rings (SSSR count). The van der Waals surface area contributed by atoms with Crippen LogP contribution in [0, 0.1) is 20.8 Å². The van der Waals surface area contributed by atoms with Gasteiger partial charge < -0.3 is 0 Å². The van der Waals surface area contributed by atoms with Gasteiger partial charge in [0, 0.05) is 11.3 Å². The van der Waals surface area contributed by atoms with Crippen molar-refractivity contribution in [2.45, 2.75) is 20.8 Å². The Morgan fingerprint density at radius 3 is 2.53 bits per heavy atom. The Hall–Kier alpha value is -1.09. The average Bonchev–Trinajstić information content (AvgIpc) is 2.52. The van der Waals surface area contributed by atoms with Gasteiger partial charge in [-0.1, -0.05) is 17.7 Å². The van der Waals surface area contributed by atoms with E-state index in [0.29, 0.717) is 0 Å². The first-order chi connectivity index (χ1) is 7.09. The molecule has 0 saturated heterocycles. The van der Waals surface area contributed by atoms with E-state index in [1.54, 1.807) is 0 Å². The van der Waals surface area contributed by atoms with E-state index in [4.69, 9.17) is 0 Å². The molecule has 0 radical (unpaired) electrons. The maximum Gasteiger partial charge on any atom is 0.107 e. The molecular formula is C12H13BrN2. The zero-order valence-corrected chi connectivity index (χ0v) is 10.6. The van der Waals surface area contributed by atoms with Crippen LogP contribution in [0.25, 0.3) is 11.3 Å². The second-order valence-corrected chi connectivity index (χ2v) is 4.62. The third kappa shape index (κ3) is 1.84. The van der Waals surface area contributed by atoms with Gasteiger partial charge in [0.15, 0.2) is 0 Å². The number of H-pyrrole nitrogens is 1. The van der Waals surface area contributed by atoms with E-state index in [9.17, 15) is 0 Å². The SMILES string of the molecule is Cc1ccc(C)c(-c2n[nH]c(C)c2Br)c1. The summed E-state index contributed by atoms with van der Waals surface area (Å²) >= 11 is 3.55. The molecule has 0 amide bonds. The third-order valence-corrected chi connectivity index (χ3v) is 3.49. The maximum atomic E-state index is 4.32. The first-order valence-corrected chi connectivity index (χ1v) is 5.67. The lowest BCUT2D eigenvalue weighted by Crippen LogP contribution is -1.85. The van der Waals surface area contributed by atoms with E-state index < -0.39 is 0 Å². The number of benzene rings is 1. The van der Waals surface area contributed by atoms with Crippen LogP contribution in [0.3, 0.4) is 0 Å². The summed E-state index contributed by atoms with van der Waals surface area (Å²) in [5.41, 5.74) is 5.74. The van der Waals surface area contributed by atoms with Crippen molar-refractivity contribution in [3.63, 3.8) is 0 Å². The number of aryl methyl sites for hydroxylation is 3. The molecule has 1 heterocycles. The number of aromatic nitrogens is 2. The van der Waals surface area contributed by atoms with Gasteiger partial charge in [0.2, 0.25) is 0 Å². The zero-order chi connectivity index (χ0) is 11.0. The summed E-state index contributed by atoms with van der Waals surface area (Å²) in [7, 11) is 0. The van der Waals surface area contributed by atoms with Gasteiger partial charge in [-0.15, -0.1) is 0 Å². The summed E-state index contributed by atoms with van der Waals surface area (Å²) in [6, 6.07) is 6.41. The van der Waals surface area contributed by atoms with E-state index in [-0.39, 0.29) is 0 Å². The molecule has 0 spiro atoms. The fourth-order valence-electron chi connectivity index (χ4n) is 1.58. The summed E-state index contributed by atoms with van der Waals surface area (Å²) in [6.45, 7) is 6.20. The van der Waals surface area contributed by atoms with Crippen LogP contribution >= 0.6 is 15.9 Å². The Kier molecular flexibility index (Phi) is 2.65. The minimum atomic E-state index is 0.994. The summed E-state index contributed by atoms with van der Waals surface area (Å²) in [6.07, 6.45) is 0. The lowest BCUT2D eigenvalue weighted by atomic mass is 10.0. The topological polar surface area (TPSA) is 28.7 Å². The molecule has 0 aliphatic heterocycles. The fraction of sp³-hybridized carbons (Fsp3) is 0.250. The van der Waals surface area contributed by atoms with Gasteiger partial charge in [-0.05, 0) is 48.3 Å². The van der Waals surface area contributed by atoms with Crippen molar-refractivity contribution in [3.8, 4) is 11.3 Å². The van der Waals surface area contributed by atoms with E-state index in [2.05, 4.69) is 58.2 Å². The van der Waals surface area contributed by atoms with E-state index >= 15 is 0 Å². The number of hydrogen-bond acceptors (Lipinski definition) is 1. The summed E-state index contributed by atoms with van der Waals surface area (Å²) in [5.74, 6) is 0. The highest BCUT2D eigenvalue weighted by Gasteiger charge is 2.11. The molecule has 0 saturated carbocycles. The number of hydrogen-bond donors (Lipinski definition) is 1. The van der Waals surface area contributed by atoms with Crippen LogP contribution in [0.1, 0.15) is 16.8 Å². The Labute approximate surface area is 97.8 Å². The standard InChI is InChI=1S/C12H13BrN2/c1-7-4-5-8(2)10(6-7)12-11(13)9(3)14-15-12/h4-6H,1-3H3,(H,14,15). The molecule has 3 heteroatoms. The van der Waals surface area contributed by atoms with Crippen molar-refractivity contribution >= 4 is 15.9 Å². The van der Waals surface area contributed by atoms with Crippen LogP contribution in [0.4, 0.5) is 0 Å². The summed E-state index contributed by atoms with van der Waals surface area (Å²) < 4.78 is 1.05. The molecular weight excluding hydrogens is 252 g/mol. The average molecular weight is 265 g/mol. The lowest BCUT2D eigenvalue weighted by molar-refractivity contribution is 1.05. The number of aromatic amines is 1. The third-order valence-electron chi connectivity index (χ3n) is 2.52. The molecule has 0 fully saturated rings. The van der Waals surface area contributed by atoms with Crippen LogP contribution in [0.15, 0.2) is 22.7 Å². The molecule has 0 bridgehead atoms.